The first-order valence-electron chi connectivity index (χ1n) is 9.03. The van der Waals surface area contributed by atoms with Gasteiger partial charge in [-0.3, -0.25) is 19.7 Å². The third-order valence-corrected chi connectivity index (χ3v) is 4.92. The highest BCUT2D eigenvalue weighted by molar-refractivity contribution is 6.00. The predicted molar refractivity (Wildman–Crippen MR) is 103 cm³/mol. The largest absolute Gasteiger partial charge is 0.387 e. The molecule has 0 saturated carbocycles. The third kappa shape index (κ3) is 4.57. The maximum atomic E-state index is 13.8. The highest BCUT2D eigenvalue weighted by atomic mass is 19.1. The number of non-ortho nitro benzene ring substituents is 1. The molecule has 8 nitrogen and oxygen atoms in total. The molecule has 0 aromatic heterocycles. The Labute approximate surface area is 166 Å². The van der Waals surface area contributed by atoms with Gasteiger partial charge in [-0.1, -0.05) is 6.07 Å². The van der Waals surface area contributed by atoms with E-state index in [1.807, 2.05) is 0 Å². The summed E-state index contributed by atoms with van der Waals surface area (Å²) in [6, 6.07) is 9.86. The molecule has 0 aliphatic carbocycles. The van der Waals surface area contributed by atoms with Gasteiger partial charge in [0.05, 0.1) is 16.9 Å². The van der Waals surface area contributed by atoms with Gasteiger partial charge >= 0.3 is 0 Å². The molecular weight excluding hydrogens is 381 g/mol. The number of nitro groups is 1. The fourth-order valence-corrected chi connectivity index (χ4v) is 3.16. The Morgan fingerprint density at radius 3 is 2.66 bits per heavy atom. The Bertz CT molecular complexity index is 948. The number of nitrogens with one attached hydrogen (secondary N) is 1. The van der Waals surface area contributed by atoms with Crippen molar-refractivity contribution in [2.24, 2.45) is 5.92 Å². The number of hydrogen-bond acceptors (Lipinski definition) is 5. The second-order valence-electron chi connectivity index (χ2n) is 6.95. The number of halogens is 1. The van der Waals surface area contributed by atoms with Gasteiger partial charge in [-0.2, -0.15) is 0 Å². The third-order valence-electron chi connectivity index (χ3n) is 4.92. The molecule has 0 unspecified atom stereocenters. The first kappa shape index (κ1) is 20.4. The molecule has 2 aromatic carbocycles. The Morgan fingerprint density at radius 1 is 1.34 bits per heavy atom. The topological polar surface area (TPSA) is 113 Å². The number of carbonyl (C=O) groups excluding carboxylic acids is 2. The lowest BCUT2D eigenvalue weighted by Gasteiger charge is -2.18. The van der Waals surface area contributed by atoms with E-state index in [-0.39, 0.29) is 31.1 Å². The van der Waals surface area contributed by atoms with Gasteiger partial charge in [-0.05, 0) is 42.3 Å². The summed E-state index contributed by atoms with van der Waals surface area (Å²) in [7, 11) is 0. The first-order valence-corrected chi connectivity index (χ1v) is 9.03. The Kier molecular flexibility index (Phi) is 5.88. The van der Waals surface area contributed by atoms with Gasteiger partial charge < -0.3 is 15.3 Å². The molecule has 9 heteroatoms. The number of hydrogen-bond donors (Lipinski definition) is 2. The van der Waals surface area contributed by atoms with Crippen LogP contribution >= 0.6 is 0 Å². The summed E-state index contributed by atoms with van der Waals surface area (Å²) in [4.78, 5) is 36.2. The second-order valence-corrected chi connectivity index (χ2v) is 6.95. The van der Waals surface area contributed by atoms with Crippen molar-refractivity contribution in [3.63, 3.8) is 0 Å². The van der Waals surface area contributed by atoms with Crippen LogP contribution in [0.15, 0.2) is 42.5 Å². The normalized spacial score (nSPS) is 17.3. The molecule has 2 aromatic rings. The van der Waals surface area contributed by atoms with E-state index < -0.39 is 28.7 Å². The van der Waals surface area contributed by atoms with Gasteiger partial charge in [0.1, 0.15) is 5.82 Å². The van der Waals surface area contributed by atoms with Crippen molar-refractivity contribution in [2.75, 3.05) is 18.0 Å². The van der Waals surface area contributed by atoms with Crippen molar-refractivity contribution in [3.8, 4) is 0 Å². The lowest BCUT2D eigenvalue weighted by atomic mass is 10.1. The monoisotopic (exact) mass is 401 g/mol. The van der Waals surface area contributed by atoms with Crippen LogP contribution in [-0.4, -0.2) is 34.9 Å². The maximum absolute atomic E-state index is 13.8. The fraction of sp³-hybridized carbons (Fsp3) is 0.300. The van der Waals surface area contributed by atoms with Crippen LogP contribution in [0.1, 0.15) is 23.7 Å². The highest BCUT2D eigenvalue weighted by Crippen LogP contribution is 2.27. The van der Waals surface area contributed by atoms with E-state index in [1.165, 1.54) is 35.2 Å². The van der Waals surface area contributed by atoms with E-state index in [1.54, 1.807) is 19.1 Å². The molecule has 1 heterocycles. The highest BCUT2D eigenvalue weighted by Gasteiger charge is 2.35. The van der Waals surface area contributed by atoms with E-state index >= 15 is 0 Å². The summed E-state index contributed by atoms with van der Waals surface area (Å²) in [6.45, 7) is 1.65. The number of rotatable bonds is 6. The lowest BCUT2D eigenvalue weighted by molar-refractivity contribution is -0.384. The Hall–Kier alpha value is -3.33. The van der Waals surface area contributed by atoms with Crippen molar-refractivity contribution < 1.29 is 24.0 Å². The number of nitrogens with zero attached hydrogens (tertiary/aromatic N) is 2. The van der Waals surface area contributed by atoms with Crippen LogP contribution in [0.4, 0.5) is 15.8 Å². The Morgan fingerprint density at radius 2 is 2.03 bits per heavy atom. The van der Waals surface area contributed by atoms with Crippen molar-refractivity contribution >= 4 is 23.2 Å². The molecule has 3 rings (SSSR count). The van der Waals surface area contributed by atoms with Crippen LogP contribution in [0.5, 0.6) is 0 Å². The zero-order valence-electron chi connectivity index (χ0n) is 15.7. The zero-order chi connectivity index (χ0) is 21.1. The molecule has 1 aliphatic heterocycles. The van der Waals surface area contributed by atoms with Crippen molar-refractivity contribution in [2.45, 2.75) is 19.4 Å². The molecule has 0 bridgehead atoms. The quantitative estimate of drug-likeness (QED) is 0.569. The number of amides is 2. The molecule has 2 N–H and O–H groups in total. The lowest BCUT2D eigenvalue weighted by Crippen LogP contribution is -2.35. The fourth-order valence-electron chi connectivity index (χ4n) is 3.16. The number of nitro benzene ring substituents is 1. The van der Waals surface area contributed by atoms with Crippen LogP contribution in [0.25, 0.3) is 0 Å². The molecule has 2 amide bonds. The number of aliphatic hydroxyl groups is 1. The molecule has 1 saturated heterocycles. The summed E-state index contributed by atoms with van der Waals surface area (Å²) < 4.78 is 13.8. The van der Waals surface area contributed by atoms with Gasteiger partial charge in [0.2, 0.25) is 11.8 Å². The molecule has 1 aliphatic rings. The van der Waals surface area contributed by atoms with Crippen molar-refractivity contribution in [1.29, 1.82) is 0 Å². The summed E-state index contributed by atoms with van der Waals surface area (Å²) in [5, 5.41) is 23.4. The second kappa shape index (κ2) is 8.36. The van der Waals surface area contributed by atoms with Gasteiger partial charge in [-0.25, -0.2) is 4.39 Å². The smallest absolute Gasteiger partial charge is 0.269 e. The maximum Gasteiger partial charge on any atom is 0.269 e. The minimum atomic E-state index is -1.04. The van der Waals surface area contributed by atoms with Crippen LogP contribution < -0.4 is 10.2 Å². The molecule has 2 atom stereocenters. The molecule has 0 spiro atoms. The SMILES string of the molecule is Cc1ccc(N2C[C@H](C(=O)NC[C@H](O)c3ccc([N+](=O)[O-])cc3)CC2=O)cc1F. The number of anilines is 1. The van der Waals surface area contributed by atoms with Gasteiger partial charge in [0.15, 0.2) is 0 Å². The zero-order valence-corrected chi connectivity index (χ0v) is 15.7. The molecule has 1 fully saturated rings. The van der Waals surface area contributed by atoms with Gasteiger partial charge in [-0.15, -0.1) is 0 Å². The minimum Gasteiger partial charge on any atom is -0.387 e. The molecule has 0 radical (unpaired) electrons. The van der Waals surface area contributed by atoms with Gasteiger partial charge in [0.25, 0.3) is 5.69 Å². The van der Waals surface area contributed by atoms with Crippen LogP contribution in [0, 0.1) is 28.8 Å². The summed E-state index contributed by atoms with van der Waals surface area (Å²) in [6.07, 6.45) is -1.05. The average molecular weight is 401 g/mol. The van der Waals surface area contributed by atoms with E-state index in [4.69, 9.17) is 0 Å². The van der Waals surface area contributed by atoms with E-state index in [2.05, 4.69) is 5.32 Å². The van der Waals surface area contributed by atoms with E-state index in [0.29, 0.717) is 16.8 Å². The van der Waals surface area contributed by atoms with E-state index in [0.717, 1.165) is 0 Å². The van der Waals surface area contributed by atoms with Crippen LogP contribution in [-0.2, 0) is 9.59 Å². The summed E-state index contributed by atoms with van der Waals surface area (Å²) in [5.74, 6) is -1.70. The summed E-state index contributed by atoms with van der Waals surface area (Å²) in [5.41, 5.74) is 1.20. The Balaban J connectivity index is 1.57. The molecular formula is C20H20FN3O5. The number of aryl methyl sites for hydroxylation is 1. The number of carbonyl (C=O) groups is 2. The van der Waals surface area contributed by atoms with Crippen LogP contribution in [0.3, 0.4) is 0 Å². The minimum absolute atomic E-state index is 0.00500. The standard InChI is InChI=1S/C20H20FN3O5/c1-12-2-5-16(9-17(12)21)23-11-14(8-19(23)26)20(27)22-10-18(25)13-3-6-15(7-4-13)24(28)29/h2-7,9,14,18,25H,8,10-11H2,1H3,(H,22,27)/t14-,18+/m1/s1. The molecule has 29 heavy (non-hydrogen) atoms. The predicted octanol–water partition coefficient (Wildman–Crippen LogP) is 2.25. The van der Waals surface area contributed by atoms with Crippen molar-refractivity contribution in [3.05, 3.63) is 69.5 Å². The molecule has 152 valence electrons. The van der Waals surface area contributed by atoms with E-state index in [9.17, 15) is 29.2 Å². The number of benzene rings is 2. The van der Waals surface area contributed by atoms with Gasteiger partial charge in [0, 0.05) is 37.3 Å². The van der Waals surface area contributed by atoms with Crippen molar-refractivity contribution in [1.82, 2.24) is 5.32 Å². The summed E-state index contributed by atoms with van der Waals surface area (Å²) >= 11 is 0. The first-order chi connectivity index (χ1) is 13.8. The number of aliphatic hydroxyl groups excluding tert-OH is 1. The average Bonchev–Trinajstić information content (AvgIpc) is 3.09. The van der Waals surface area contributed by atoms with Crippen LogP contribution in [0.2, 0.25) is 0 Å².